The maximum atomic E-state index is 14.9. The van der Waals surface area contributed by atoms with E-state index in [2.05, 4.69) is 28.5 Å². The van der Waals surface area contributed by atoms with Crippen LogP contribution in [0.1, 0.15) is 72.8 Å². The second-order valence-electron chi connectivity index (χ2n) is 16.2. The van der Waals surface area contributed by atoms with E-state index in [-0.39, 0.29) is 37.3 Å². The Balaban J connectivity index is 1.16. The molecule has 2 saturated carbocycles. The lowest BCUT2D eigenvalue weighted by Gasteiger charge is -2.36. The zero-order valence-electron chi connectivity index (χ0n) is 31.5. The van der Waals surface area contributed by atoms with Crippen molar-refractivity contribution in [2.75, 3.05) is 13.2 Å². The molecule has 5 aliphatic rings. The van der Waals surface area contributed by atoms with E-state index in [9.17, 15) is 22.8 Å². The highest BCUT2D eigenvalue weighted by atomic mass is 32.2. The van der Waals surface area contributed by atoms with Gasteiger partial charge in [0.05, 0.1) is 22.7 Å². The van der Waals surface area contributed by atoms with Crippen molar-refractivity contribution in [1.29, 1.82) is 0 Å². The Kier molecular flexibility index (Phi) is 9.47. The molecule has 1 saturated heterocycles. The third-order valence-electron chi connectivity index (χ3n) is 11.2. The van der Waals surface area contributed by atoms with Crippen molar-refractivity contribution in [3.63, 3.8) is 0 Å². The Morgan fingerprint density at radius 1 is 1.09 bits per heavy atom. The molecule has 0 spiro atoms. The second-order valence-corrected chi connectivity index (χ2v) is 19.1. The first-order valence-corrected chi connectivity index (χ1v) is 21.2. The average molecular weight is 796 g/mol. The van der Waals surface area contributed by atoms with E-state index in [0.717, 1.165) is 22.3 Å². The number of oxime groups is 1. The van der Waals surface area contributed by atoms with Crippen LogP contribution in [0.2, 0.25) is 0 Å². The van der Waals surface area contributed by atoms with E-state index in [1.807, 2.05) is 86.8 Å². The quantitative estimate of drug-likeness (QED) is 0.211. The number of rotatable bonds is 7. The summed E-state index contributed by atoms with van der Waals surface area (Å²) in [7, 11) is -3.82. The molecule has 5 atom stereocenters. The Morgan fingerprint density at radius 3 is 2.55 bits per heavy atom. The number of carbonyl (C=O) groups is 3. The molecule has 3 heterocycles. The topological polar surface area (TPSA) is 156 Å². The number of sulfonamides is 1. The van der Waals surface area contributed by atoms with Crippen LogP contribution >= 0.6 is 11.3 Å². The SMILES string of the molecule is C=C[C@@H]1C[C@]1(NC(=C)[C@@H]1C[C@@H]2CN1C(=O)[C@H](C(C)(C)C)NC(=O)c1sccc1/C=C/COc1ccc3c(c1)/C(=N\O2)c1ccccc1-3)C(=O)NS(=O)(=O)C1CC1. The Morgan fingerprint density at radius 2 is 1.84 bits per heavy atom. The minimum atomic E-state index is -3.82. The number of nitrogens with zero attached hydrogens (tertiary/aromatic N) is 2. The van der Waals surface area contributed by atoms with Gasteiger partial charge in [-0.15, -0.1) is 17.9 Å². The van der Waals surface area contributed by atoms with Gasteiger partial charge in [-0.2, -0.15) is 0 Å². The highest BCUT2D eigenvalue weighted by molar-refractivity contribution is 7.91. The number of fused-ring (bicyclic) bond motifs is 7. The first kappa shape index (κ1) is 37.7. The number of ether oxygens (including phenoxy) is 1. The summed E-state index contributed by atoms with van der Waals surface area (Å²) in [4.78, 5) is 50.9. The van der Waals surface area contributed by atoms with E-state index in [4.69, 9.17) is 14.7 Å². The van der Waals surface area contributed by atoms with Crippen molar-refractivity contribution in [3.05, 3.63) is 106 Å². The first-order chi connectivity index (χ1) is 26.7. The molecular formula is C42H45N5O7S2. The predicted molar refractivity (Wildman–Crippen MR) is 215 cm³/mol. The number of carbonyl (C=O) groups excluding carboxylic acids is 3. The average Bonchev–Trinajstić information content (AvgIpc) is 4.01. The van der Waals surface area contributed by atoms with E-state index in [0.29, 0.717) is 46.9 Å². The van der Waals surface area contributed by atoms with Crippen molar-refractivity contribution >= 4 is 50.9 Å². The van der Waals surface area contributed by atoms with Gasteiger partial charge in [-0.1, -0.05) is 68.9 Å². The van der Waals surface area contributed by atoms with E-state index in [1.165, 1.54) is 11.3 Å². The molecule has 0 unspecified atom stereocenters. The highest BCUT2D eigenvalue weighted by Crippen LogP contribution is 2.47. The lowest BCUT2D eigenvalue weighted by molar-refractivity contribution is -0.136. The summed E-state index contributed by atoms with van der Waals surface area (Å²) >= 11 is 1.28. The van der Waals surface area contributed by atoms with Crippen molar-refractivity contribution < 1.29 is 32.4 Å². The van der Waals surface area contributed by atoms with Crippen LogP contribution in [0.4, 0.5) is 0 Å². The van der Waals surface area contributed by atoms with Crippen LogP contribution < -0.4 is 20.1 Å². The van der Waals surface area contributed by atoms with Gasteiger partial charge in [-0.25, -0.2) is 8.42 Å². The monoisotopic (exact) mass is 795 g/mol. The van der Waals surface area contributed by atoms with E-state index in [1.54, 1.807) is 11.0 Å². The van der Waals surface area contributed by atoms with Gasteiger partial charge in [0.25, 0.3) is 11.8 Å². The summed E-state index contributed by atoms with van der Waals surface area (Å²) in [6, 6.07) is 14.0. The van der Waals surface area contributed by atoms with Gasteiger partial charge in [0, 0.05) is 29.2 Å². The zero-order chi connectivity index (χ0) is 39.6. The number of hydrogen-bond acceptors (Lipinski definition) is 10. The molecule has 3 fully saturated rings. The number of thiophene rings is 1. The van der Waals surface area contributed by atoms with Gasteiger partial charge in [0.15, 0.2) is 0 Å². The van der Waals surface area contributed by atoms with Gasteiger partial charge in [-0.3, -0.25) is 19.1 Å². The Labute approximate surface area is 330 Å². The fraction of sp³-hybridized carbons (Fsp3) is 0.381. The third-order valence-corrected chi connectivity index (χ3v) is 13.9. The summed E-state index contributed by atoms with van der Waals surface area (Å²) in [6.07, 6.45) is 6.28. The van der Waals surface area contributed by atoms with Gasteiger partial charge in [0.2, 0.25) is 15.9 Å². The number of hydrogen-bond donors (Lipinski definition) is 3. The van der Waals surface area contributed by atoms with Crippen molar-refractivity contribution in [2.45, 2.75) is 75.4 Å². The molecule has 292 valence electrons. The molecule has 14 heteroatoms. The third kappa shape index (κ3) is 6.93. The smallest absolute Gasteiger partial charge is 0.262 e. The van der Waals surface area contributed by atoms with Crippen LogP contribution in [-0.4, -0.2) is 78.9 Å². The van der Waals surface area contributed by atoms with Gasteiger partial charge in [0.1, 0.15) is 35.8 Å². The largest absolute Gasteiger partial charge is 0.490 e. The molecule has 3 amide bonds. The molecule has 1 aromatic heterocycles. The van der Waals surface area contributed by atoms with Gasteiger partial charge >= 0.3 is 0 Å². The summed E-state index contributed by atoms with van der Waals surface area (Å²) in [5, 5.41) is 12.3. The number of benzene rings is 2. The molecule has 3 N–H and O–H groups in total. The van der Waals surface area contributed by atoms with Crippen LogP contribution in [0.25, 0.3) is 17.2 Å². The fourth-order valence-electron chi connectivity index (χ4n) is 7.84. The molecular weight excluding hydrogens is 751 g/mol. The Hall–Kier alpha value is -5.21. The standard InChI is InChI=1S/C42H45N5O7S2/c1-6-26-22-42(26,40(50)46-56(51,52)29-14-15-29)44-24(2)34-21-28-23-47(34)39(49)37(41(3,4)5)43-38(48)36-25(17-19-55-36)10-9-18-53-27-13-16-31-30-11-7-8-12-32(30)35(45-54-28)33(31)20-27/h6-13,16-17,19-20,26,28-29,34,37,44H,1-2,14-15,18,21-23H2,3-5H3,(H,43,48)(H,46,50)/b10-9+,45-35-/t26-,28-,34+,37-,42-/m1/s1. The summed E-state index contributed by atoms with van der Waals surface area (Å²) < 4.78 is 34.1. The molecule has 3 aromatic rings. The number of nitrogens with one attached hydrogen (secondary N) is 3. The van der Waals surface area contributed by atoms with Gasteiger partial charge < -0.3 is 25.1 Å². The molecule has 0 radical (unpaired) electrons. The van der Waals surface area contributed by atoms with Crippen molar-refractivity contribution in [3.8, 4) is 16.9 Å². The molecule has 56 heavy (non-hydrogen) atoms. The normalized spacial score (nSPS) is 27.3. The van der Waals surface area contributed by atoms with Crippen LogP contribution in [0.5, 0.6) is 5.75 Å². The molecule has 4 bridgehead atoms. The van der Waals surface area contributed by atoms with Crippen LogP contribution in [0.3, 0.4) is 0 Å². The van der Waals surface area contributed by atoms with E-state index >= 15 is 0 Å². The zero-order valence-corrected chi connectivity index (χ0v) is 33.2. The molecule has 2 aromatic carbocycles. The predicted octanol–water partition coefficient (Wildman–Crippen LogP) is 5.37. The fourth-order valence-corrected chi connectivity index (χ4v) is 9.99. The maximum absolute atomic E-state index is 14.9. The lowest BCUT2D eigenvalue weighted by atomic mass is 9.85. The first-order valence-electron chi connectivity index (χ1n) is 18.8. The second kappa shape index (κ2) is 14.1. The Bertz CT molecular complexity index is 2320. The van der Waals surface area contributed by atoms with Crippen LogP contribution in [0, 0.1) is 11.3 Å². The molecule has 12 nitrogen and oxygen atoms in total. The van der Waals surface area contributed by atoms with Crippen LogP contribution in [-0.2, 0) is 24.4 Å². The van der Waals surface area contributed by atoms with Crippen molar-refractivity contribution in [1.82, 2.24) is 20.3 Å². The van der Waals surface area contributed by atoms with E-state index < -0.39 is 50.3 Å². The minimum absolute atomic E-state index is 0.105. The molecule has 8 rings (SSSR count). The molecule has 2 aliphatic heterocycles. The highest BCUT2D eigenvalue weighted by Gasteiger charge is 2.61. The number of amides is 3. The van der Waals surface area contributed by atoms with Crippen LogP contribution in [0.15, 0.2) is 90.1 Å². The lowest BCUT2D eigenvalue weighted by Crippen LogP contribution is -2.57. The summed E-state index contributed by atoms with van der Waals surface area (Å²) in [5.74, 6) is -1.15. The van der Waals surface area contributed by atoms with Crippen molar-refractivity contribution in [2.24, 2.45) is 16.5 Å². The summed E-state index contributed by atoms with van der Waals surface area (Å²) in [5.41, 5.74) is 3.40. The maximum Gasteiger partial charge on any atom is 0.262 e. The summed E-state index contributed by atoms with van der Waals surface area (Å²) in [6.45, 7) is 14.2. The minimum Gasteiger partial charge on any atom is -0.490 e. The van der Waals surface area contributed by atoms with Gasteiger partial charge in [-0.05, 0) is 77.1 Å². The molecule has 3 aliphatic carbocycles.